The summed E-state index contributed by atoms with van der Waals surface area (Å²) in [6, 6.07) is 6.68. The second-order valence-corrected chi connectivity index (χ2v) is 3.75. The van der Waals surface area contributed by atoms with Crippen LogP contribution >= 0.6 is 0 Å². The van der Waals surface area contributed by atoms with Gasteiger partial charge < -0.3 is 9.84 Å². The summed E-state index contributed by atoms with van der Waals surface area (Å²) < 4.78 is 17.7. The van der Waals surface area contributed by atoms with Gasteiger partial charge in [-0.05, 0) is 24.1 Å². The van der Waals surface area contributed by atoms with E-state index in [1.54, 1.807) is 12.1 Å². The molecule has 4 nitrogen and oxygen atoms in total. The first kappa shape index (κ1) is 11.6. The highest BCUT2D eigenvalue weighted by Gasteiger charge is 2.04. The molecule has 0 aliphatic rings. The molecule has 17 heavy (non-hydrogen) atoms. The molecular weight excluding hydrogens is 221 g/mol. The predicted octanol–water partition coefficient (Wildman–Crippen LogP) is 2.77. The molecule has 0 aliphatic heterocycles. The van der Waals surface area contributed by atoms with E-state index in [0.29, 0.717) is 18.4 Å². The zero-order chi connectivity index (χ0) is 12.1. The maximum Gasteiger partial charge on any atom is 0.321 e. The summed E-state index contributed by atoms with van der Waals surface area (Å²) in [6.07, 6.45) is 1.79. The highest BCUT2D eigenvalue weighted by molar-refractivity contribution is 5.24. The van der Waals surface area contributed by atoms with Crippen LogP contribution in [0.4, 0.5) is 10.4 Å². The lowest BCUT2D eigenvalue weighted by atomic mass is 10.2. The summed E-state index contributed by atoms with van der Waals surface area (Å²) >= 11 is 0. The number of hydrogen-bond donors (Lipinski definition) is 1. The molecule has 2 aromatic rings. The fraction of sp³-hybridized carbons (Fsp3) is 0.333. The first-order chi connectivity index (χ1) is 8.28. The molecular formula is C12H14FN3O. The van der Waals surface area contributed by atoms with Crippen molar-refractivity contribution in [3.8, 4) is 0 Å². The zero-order valence-corrected chi connectivity index (χ0v) is 9.61. The summed E-state index contributed by atoms with van der Waals surface area (Å²) in [5.41, 5.74) is 0.960. The van der Waals surface area contributed by atoms with Crippen LogP contribution in [0.15, 0.2) is 28.8 Å². The average Bonchev–Trinajstić information content (AvgIpc) is 2.77. The highest BCUT2D eigenvalue weighted by atomic mass is 19.1. The number of aryl methyl sites for hydroxylation is 1. The fourth-order valence-electron chi connectivity index (χ4n) is 1.43. The Balaban J connectivity index is 1.90. The predicted molar refractivity (Wildman–Crippen MR) is 62.0 cm³/mol. The van der Waals surface area contributed by atoms with E-state index in [9.17, 15) is 4.39 Å². The van der Waals surface area contributed by atoms with Crippen LogP contribution in [-0.2, 0) is 13.0 Å². The summed E-state index contributed by atoms with van der Waals surface area (Å²) in [4.78, 5) is 4.17. The maximum absolute atomic E-state index is 12.7. The van der Waals surface area contributed by atoms with Crippen molar-refractivity contribution in [1.82, 2.24) is 10.1 Å². The number of halogens is 1. The summed E-state index contributed by atoms with van der Waals surface area (Å²) in [6.45, 7) is 2.59. The van der Waals surface area contributed by atoms with Crippen LogP contribution in [0, 0.1) is 5.82 Å². The van der Waals surface area contributed by atoms with Gasteiger partial charge in [0.1, 0.15) is 5.82 Å². The lowest BCUT2D eigenvalue weighted by Crippen LogP contribution is -1.99. The minimum absolute atomic E-state index is 0.239. The van der Waals surface area contributed by atoms with Crippen molar-refractivity contribution in [2.24, 2.45) is 0 Å². The van der Waals surface area contributed by atoms with Gasteiger partial charge in [-0.2, -0.15) is 4.98 Å². The van der Waals surface area contributed by atoms with E-state index >= 15 is 0 Å². The van der Waals surface area contributed by atoms with E-state index < -0.39 is 0 Å². The number of nitrogens with one attached hydrogen (secondary N) is 1. The average molecular weight is 235 g/mol. The number of nitrogens with zero attached hydrogens (tertiary/aromatic N) is 2. The van der Waals surface area contributed by atoms with E-state index in [4.69, 9.17) is 4.52 Å². The van der Waals surface area contributed by atoms with Crippen LogP contribution in [0.25, 0.3) is 0 Å². The van der Waals surface area contributed by atoms with Crippen LogP contribution in [0.3, 0.4) is 0 Å². The van der Waals surface area contributed by atoms with Gasteiger partial charge in [0.2, 0.25) is 0 Å². The third kappa shape index (κ3) is 3.27. The lowest BCUT2D eigenvalue weighted by molar-refractivity contribution is 0.422. The van der Waals surface area contributed by atoms with E-state index in [0.717, 1.165) is 18.4 Å². The topological polar surface area (TPSA) is 51.0 Å². The van der Waals surface area contributed by atoms with Crippen molar-refractivity contribution in [2.75, 3.05) is 5.32 Å². The molecule has 0 radical (unpaired) electrons. The number of anilines is 1. The molecule has 2 rings (SSSR count). The Hall–Kier alpha value is -1.91. The van der Waals surface area contributed by atoms with Crippen molar-refractivity contribution < 1.29 is 8.91 Å². The second kappa shape index (κ2) is 5.43. The molecule has 0 saturated carbocycles. The van der Waals surface area contributed by atoms with Crippen LogP contribution < -0.4 is 5.32 Å². The van der Waals surface area contributed by atoms with Gasteiger partial charge in [-0.25, -0.2) is 4.39 Å². The minimum Gasteiger partial charge on any atom is -0.334 e. The van der Waals surface area contributed by atoms with Gasteiger partial charge >= 0.3 is 6.01 Å². The molecule has 0 amide bonds. The van der Waals surface area contributed by atoms with Crippen LogP contribution in [0.5, 0.6) is 0 Å². The number of aromatic nitrogens is 2. The minimum atomic E-state index is -0.239. The lowest BCUT2D eigenvalue weighted by Gasteiger charge is -2.00. The SMILES string of the molecule is CCCc1noc(NCc2ccc(F)cc2)n1. The van der Waals surface area contributed by atoms with Gasteiger partial charge in [-0.15, -0.1) is 0 Å². The summed E-state index contributed by atoms with van der Waals surface area (Å²) in [7, 11) is 0. The molecule has 5 heteroatoms. The van der Waals surface area contributed by atoms with Gasteiger partial charge in [0.05, 0.1) is 0 Å². The monoisotopic (exact) mass is 235 g/mol. The Bertz CT molecular complexity index is 467. The smallest absolute Gasteiger partial charge is 0.321 e. The van der Waals surface area contributed by atoms with Crippen LogP contribution in [0.2, 0.25) is 0 Å². The molecule has 1 aromatic heterocycles. The fourth-order valence-corrected chi connectivity index (χ4v) is 1.43. The molecule has 0 aliphatic carbocycles. The molecule has 1 heterocycles. The first-order valence-electron chi connectivity index (χ1n) is 5.59. The van der Waals surface area contributed by atoms with Gasteiger partial charge in [-0.1, -0.05) is 24.2 Å². The molecule has 90 valence electrons. The Morgan fingerprint density at radius 2 is 2.06 bits per heavy atom. The molecule has 0 atom stereocenters. The van der Waals surface area contributed by atoms with Crippen molar-refractivity contribution >= 4 is 6.01 Å². The third-order valence-corrected chi connectivity index (χ3v) is 2.30. The van der Waals surface area contributed by atoms with Gasteiger partial charge in [0, 0.05) is 13.0 Å². The summed E-state index contributed by atoms with van der Waals surface area (Å²) in [5, 5.41) is 6.82. The van der Waals surface area contributed by atoms with Gasteiger partial charge in [-0.3, -0.25) is 0 Å². The second-order valence-electron chi connectivity index (χ2n) is 3.75. The third-order valence-electron chi connectivity index (χ3n) is 2.30. The van der Waals surface area contributed by atoms with E-state index in [1.807, 2.05) is 0 Å². The molecule has 0 fully saturated rings. The molecule has 1 N–H and O–H groups in total. The van der Waals surface area contributed by atoms with Gasteiger partial charge in [0.25, 0.3) is 0 Å². The quantitative estimate of drug-likeness (QED) is 0.865. The normalized spacial score (nSPS) is 10.5. The Labute approximate surface area is 98.8 Å². The Kier molecular flexibility index (Phi) is 3.69. The number of benzene rings is 1. The van der Waals surface area contributed by atoms with Crippen LogP contribution in [0.1, 0.15) is 24.7 Å². The van der Waals surface area contributed by atoms with Crippen molar-refractivity contribution in [3.05, 3.63) is 41.5 Å². The maximum atomic E-state index is 12.7. The first-order valence-corrected chi connectivity index (χ1v) is 5.59. The zero-order valence-electron chi connectivity index (χ0n) is 9.61. The van der Waals surface area contributed by atoms with Crippen LogP contribution in [-0.4, -0.2) is 10.1 Å². The number of hydrogen-bond acceptors (Lipinski definition) is 4. The molecule has 0 saturated heterocycles. The Morgan fingerprint density at radius 1 is 1.29 bits per heavy atom. The highest BCUT2D eigenvalue weighted by Crippen LogP contribution is 2.08. The number of rotatable bonds is 5. The van der Waals surface area contributed by atoms with E-state index in [-0.39, 0.29) is 5.82 Å². The molecule has 0 bridgehead atoms. The standard InChI is InChI=1S/C12H14FN3O/c1-2-3-11-15-12(17-16-11)14-8-9-4-6-10(13)7-5-9/h4-7H,2-3,8H2,1H3,(H,14,15,16). The van der Waals surface area contributed by atoms with Gasteiger partial charge in [0.15, 0.2) is 5.82 Å². The summed E-state index contributed by atoms with van der Waals surface area (Å²) in [5.74, 6) is 0.464. The molecule has 0 unspecified atom stereocenters. The molecule has 0 spiro atoms. The van der Waals surface area contributed by atoms with Crippen molar-refractivity contribution in [2.45, 2.75) is 26.3 Å². The van der Waals surface area contributed by atoms with Crippen molar-refractivity contribution in [1.29, 1.82) is 0 Å². The molecule has 1 aromatic carbocycles. The van der Waals surface area contributed by atoms with E-state index in [2.05, 4.69) is 22.4 Å². The van der Waals surface area contributed by atoms with E-state index in [1.165, 1.54) is 12.1 Å². The Morgan fingerprint density at radius 3 is 2.76 bits per heavy atom. The van der Waals surface area contributed by atoms with Crippen molar-refractivity contribution in [3.63, 3.8) is 0 Å². The largest absolute Gasteiger partial charge is 0.334 e.